The van der Waals surface area contributed by atoms with E-state index in [4.69, 9.17) is 19.8 Å². The van der Waals surface area contributed by atoms with E-state index in [2.05, 4.69) is 4.90 Å². The molecule has 1 heterocycles. The Morgan fingerprint density at radius 1 is 0.870 bits per heavy atom. The molecule has 1 saturated heterocycles. The highest BCUT2D eigenvalue weighted by molar-refractivity contribution is 7.88. The molecule has 2 rings (SSSR count). The van der Waals surface area contributed by atoms with E-state index >= 15 is 0 Å². The second-order valence-corrected chi connectivity index (χ2v) is 7.94. The minimum Gasteiger partial charge on any atom is -0.473 e. The summed E-state index contributed by atoms with van der Waals surface area (Å²) in [5.41, 5.74) is 0. The van der Waals surface area contributed by atoms with Crippen molar-refractivity contribution in [2.75, 3.05) is 32.4 Å². The number of nitrogens with zero attached hydrogens (tertiary/aromatic N) is 2. The van der Waals surface area contributed by atoms with Crippen molar-refractivity contribution in [2.24, 2.45) is 0 Å². The molecule has 0 aromatic rings. The summed E-state index contributed by atoms with van der Waals surface area (Å²) in [6.45, 7) is 3.18. The fourth-order valence-corrected chi connectivity index (χ4v) is 3.85. The molecule has 0 aromatic heterocycles. The van der Waals surface area contributed by atoms with E-state index in [0.29, 0.717) is 19.1 Å². The van der Waals surface area contributed by atoms with E-state index in [1.807, 2.05) is 0 Å². The predicted octanol–water partition coefficient (Wildman–Crippen LogP) is 0.442. The Morgan fingerprint density at radius 3 is 1.65 bits per heavy atom. The van der Waals surface area contributed by atoms with E-state index < -0.39 is 22.0 Å². The predicted molar refractivity (Wildman–Crippen MR) is 84.8 cm³/mol. The molecule has 0 unspecified atom stereocenters. The summed E-state index contributed by atoms with van der Waals surface area (Å²) in [5.74, 6) is -3.65. The van der Waals surface area contributed by atoms with Crippen molar-refractivity contribution < 1.29 is 28.2 Å². The second kappa shape index (κ2) is 9.19. The molecular formula is C14H26N2O6S. The Morgan fingerprint density at radius 2 is 1.30 bits per heavy atom. The van der Waals surface area contributed by atoms with Crippen LogP contribution in [0.5, 0.6) is 0 Å². The van der Waals surface area contributed by atoms with Crippen LogP contribution in [0.15, 0.2) is 0 Å². The Hall–Kier alpha value is -1.19. The third-order valence-corrected chi connectivity index (χ3v) is 5.57. The number of carbonyl (C=O) groups is 2. The van der Waals surface area contributed by atoms with E-state index in [1.54, 1.807) is 4.31 Å². The van der Waals surface area contributed by atoms with Gasteiger partial charge in [0.15, 0.2) is 0 Å². The smallest absolute Gasteiger partial charge is 0.414 e. The van der Waals surface area contributed by atoms with Crippen LogP contribution in [0.3, 0.4) is 0 Å². The molecule has 1 aliphatic heterocycles. The van der Waals surface area contributed by atoms with Crippen molar-refractivity contribution in [3.63, 3.8) is 0 Å². The number of sulfonamides is 1. The first-order valence-electron chi connectivity index (χ1n) is 7.87. The van der Waals surface area contributed by atoms with Crippen molar-refractivity contribution in [3.8, 4) is 0 Å². The molecule has 8 nitrogen and oxygen atoms in total. The molecule has 0 aromatic carbocycles. The van der Waals surface area contributed by atoms with E-state index in [0.717, 1.165) is 13.1 Å². The van der Waals surface area contributed by atoms with E-state index in [-0.39, 0.29) is 0 Å². The van der Waals surface area contributed by atoms with Gasteiger partial charge in [-0.2, -0.15) is 4.31 Å². The minimum atomic E-state index is -2.98. The number of hydrogen-bond acceptors (Lipinski definition) is 5. The number of carboxylic acid groups (broad SMARTS) is 2. The lowest BCUT2D eigenvalue weighted by Gasteiger charge is -2.38. The Labute approximate surface area is 137 Å². The summed E-state index contributed by atoms with van der Waals surface area (Å²) in [5, 5.41) is 14.8. The second-order valence-electron chi connectivity index (χ2n) is 5.95. The Kier molecular flexibility index (Phi) is 7.93. The number of carboxylic acids is 2. The van der Waals surface area contributed by atoms with Gasteiger partial charge in [-0.1, -0.05) is 25.7 Å². The topological polar surface area (TPSA) is 115 Å². The first-order chi connectivity index (χ1) is 10.7. The van der Waals surface area contributed by atoms with Gasteiger partial charge in [0.1, 0.15) is 0 Å². The number of rotatable bonds is 2. The number of hydrogen-bond donors (Lipinski definition) is 2. The van der Waals surface area contributed by atoms with Crippen LogP contribution in [0.1, 0.15) is 38.5 Å². The lowest BCUT2D eigenvalue weighted by molar-refractivity contribution is -0.159. The molecule has 23 heavy (non-hydrogen) atoms. The third-order valence-electron chi connectivity index (χ3n) is 4.27. The van der Waals surface area contributed by atoms with Gasteiger partial charge in [-0.15, -0.1) is 0 Å². The minimum absolute atomic E-state index is 0.676. The third kappa shape index (κ3) is 7.28. The van der Waals surface area contributed by atoms with Crippen molar-refractivity contribution in [2.45, 2.75) is 44.6 Å². The molecule has 1 saturated carbocycles. The van der Waals surface area contributed by atoms with Crippen molar-refractivity contribution in [1.29, 1.82) is 0 Å². The monoisotopic (exact) mass is 350 g/mol. The molecule has 134 valence electrons. The average molecular weight is 350 g/mol. The van der Waals surface area contributed by atoms with Crippen molar-refractivity contribution >= 4 is 22.0 Å². The zero-order valence-corrected chi connectivity index (χ0v) is 14.3. The molecule has 1 aliphatic carbocycles. The molecule has 2 fully saturated rings. The van der Waals surface area contributed by atoms with Gasteiger partial charge < -0.3 is 10.2 Å². The van der Waals surface area contributed by atoms with Crippen LogP contribution >= 0.6 is 0 Å². The molecular weight excluding hydrogens is 324 g/mol. The average Bonchev–Trinajstić information content (AvgIpc) is 2.76. The van der Waals surface area contributed by atoms with Crippen molar-refractivity contribution in [3.05, 3.63) is 0 Å². The first kappa shape index (κ1) is 19.9. The van der Waals surface area contributed by atoms with Crippen LogP contribution in [0.25, 0.3) is 0 Å². The molecule has 0 amide bonds. The fourth-order valence-electron chi connectivity index (χ4n) is 3.02. The highest BCUT2D eigenvalue weighted by atomic mass is 32.2. The van der Waals surface area contributed by atoms with Crippen LogP contribution in [0, 0.1) is 0 Å². The quantitative estimate of drug-likeness (QED) is 0.548. The van der Waals surface area contributed by atoms with E-state index in [9.17, 15) is 8.42 Å². The molecule has 0 spiro atoms. The maximum Gasteiger partial charge on any atom is 0.414 e. The van der Waals surface area contributed by atoms with Crippen LogP contribution in [-0.4, -0.2) is 78.3 Å². The summed E-state index contributed by atoms with van der Waals surface area (Å²) in [7, 11) is -2.98. The summed E-state index contributed by atoms with van der Waals surface area (Å²) in [6, 6.07) is 0.708. The molecule has 0 radical (unpaired) electrons. The summed E-state index contributed by atoms with van der Waals surface area (Å²) in [4.78, 5) is 20.7. The summed E-state index contributed by atoms with van der Waals surface area (Å²) in [6.07, 6.45) is 9.36. The lowest BCUT2D eigenvalue weighted by Crippen LogP contribution is -2.51. The molecule has 0 atom stereocenters. The maximum absolute atomic E-state index is 11.4. The molecule has 2 aliphatic rings. The highest BCUT2D eigenvalue weighted by Crippen LogP contribution is 2.23. The fraction of sp³-hybridized carbons (Fsp3) is 0.857. The summed E-state index contributed by atoms with van der Waals surface area (Å²) < 4.78 is 24.5. The number of piperazine rings is 1. The van der Waals surface area contributed by atoms with Gasteiger partial charge in [-0.3, -0.25) is 4.90 Å². The van der Waals surface area contributed by atoms with Gasteiger partial charge in [0.05, 0.1) is 6.26 Å². The van der Waals surface area contributed by atoms with E-state index in [1.165, 1.54) is 44.8 Å². The molecule has 0 bridgehead atoms. The molecule has 2 N–H and O–H groups in total. The standard InChI is InChI=1S/C12H24N2O2S.C2H2O4/c1-17(15,16)14-10-8-13(9-11-14)12-6-4-2-3-5-7-12;3-1(4)2(5)6/h12H,2-11H2,1H3;(H,3,4)(H,5,6). The van der Waals surface area contributed by atoms with Gasteiger partial charge >= 0.3 is 11.9 Å². The molecule has 9 heteroatoms. The number of aliphatic carboxylic acids is 2. The zero-order chi connectivity index (χ0) is 17.5. The highest BCUT2D eigenvalue weighted by Gasteiger charge is 2.27. The Balaban J connectivity index is 0.000000379. The maximum atomic E-state index is 11.4. The van der Waals surface area contributed by atoms with Crippen LogP contribution < -0.4 is 0 Å². The van der Waals surface area contributed by atoms with Crippen LogP contribution in [0.2, 0.25) is 0 Å². The largest absolute Gasteiger partial charge is 0.473 e. The Bertz CT molecular complexity index is 479. The zero-order valence-electron chi connectivity index (χ0n) is 13.5. The van der Waals surface area contributed by atoms with Crippen LogP contribution in [-0.2, 0) is 19.6 Å². The van der Waals surface area contributed by atoms with Gasteiger partial charge in [0.25, 0.3) is 0 Å². The first-order valence-corrected chi connectivity index (χ1v) is 9.72. The SMILES string of the molecule is CS(=O)(=O)N1CCN(C2CCCCCC2)CC1.O=C(O)C(=O)O. The van der Waals surface area contributed by atoms with Crippen LogP contribution in [0.4, 0.5) is 0 Å². The van der Waals surface area contributed by atoms with Gasteiger partial charge in [0.2, 0.25) is 10.0 Å². The van der Waals surface area contributed by atoms with Crippen molar-refractivity contribution in [1.82, 2.24) is 9.21 Å². The summed E-state index contributed by atoms with van der Waals surface area (Å²) >= 11 is 0. The van der Waals surface area contributed by atoms with Gasteiger partial charge in [0, 0.05) is 32.2 Å². The van der Waals surface area contributed by atoms with Gasteiger partial charge in [-0.25, -0.2) is 18.0 Å². The van der Waals surface area contributed by atoms with Gasteiger partial charge in [-0.05, 0) is 12.8 Å². The lowest BCUT2D eigenvalue weighted by atomic mass is 10.1. The normalized spacial score (nSPS) is 21.8.